The average Bonchev–Trinajstić information content (AvgIpc) is 2.57. The summed E-state index contributed by atoms with van der Waals surface area (Å²) in [7, 11) is 0. The summed E-state index contributed by atoms with van der Waals surface area (Å²) in [5.41, 5.74) is 0. The second-order valence-electron chi connectivity index (χ2n) is 3.24. The maximum Gasteiger partial charge on any atom is 0.429 e. The minimum atomic E-state index is -0.401. The molecule has 0 aliphatic carbocycles. The zero-order chi connectivity index (χ0) is 9.52. The van der Waals surface area contributed by atoms with Crippen LogP contribution >= 0.6 is 0 Å². The minimum Gasteiger partial charge on any atom is -0.448 e. The van der Waals surface area contributed by atoms with E-state index in [9.17, 15) is 4.79 Å². The highest BCUT2D eigenvalue weighted by atomic mass is 16.5. The lowest BCUT2D eigenvalue weighted by Gasteiger charge is -2.07. The summed E-state index contributed by atoms with van der Waals surface area (Å²) in [6.07, 6.45) is 2.51. The molecule has 1 aliphatic rings. The van der Waals surface area contributed by atoms with Gasteiger partial charge in [-0.25, -0.2) is 10.1 Å². The second kappa shape index (κ2) is 5.80. The van der Waals surface area contributed by atoms with Gasteiger partial charge in [0.05, 0.1) is 12.6 Å². The predicted octanol–water partition coefficient (Wildman–Crippen LogP) is 0.889. The third-order valence-electron chi connectivity index (χ3n) is 2.05. The van der Waals surface area contributed by atoms with Gasteiger partial charge in [-0.2, -0.15) is 0 Å². The Labute approximate surface area is 79.0 Å². The standard InChI is InChI=1S/C9H17N2O2/c1-2-3-6-13-9(12)11-8-4-5-10-7-8/h8,10H,2-7H2,1H3. The number of hydrogen-bond donors (Lipinski definition) is 1. The first-order valence-corrected chi connectivity index (χ1v) is 4.91. The number of ether oxygens (including phenoxy) is 1. The fourth-order valence-corrected chi connectivity index (χ4v) is 1.24. The third-order valence-corrected chi connectivity index (χ3v) is 2.05. The van der Waals surface area contributed by atoms with Crippen molar-refractivity contribution in [1.29, 1.82) is 0 Å². The van der Waals surface area contributed by atoms with Crippen LogP contribution in [0.2, 0.25) is 0 Å². The average molecular weight is 185 g/mol. The molecule has 1 atom stereocenters. The molecule has 0 aromatic heterocycles. The van der Waals surface area contributed by atoms with Gasteiger partial charge in [0, 0.05) is 6.54 Å². The van der Waals surface area contributed by atoms with Crippen molar-refractivity contribution in [3.8, 4) is 0 Å². The lowest BCUT2D eigenvalue weighted by molar-refractivity contribution is 0.140. The van der Waals surface area contributed by atoms with Crippen LogP contribution in [0.3, 0.4) is 0 Å². The molecule has 1 aliphatic heterocycles. The van der Waals surface area contributed by atoms with E-state index < -0.39 is 6.09 Å². The van der Waals surface area contributed by atoms with Crippen molar-refractivity contribution in [1.82, 2.24) is 10.6 Å². The summed E-state index contributed by atoms with van der Waals surface area (Å²) >= 11 is 0. The van der Waals surface area contributed by atoms with Gasteiger partial charge in [0.2, 0.25) is 0 Å². The fraction of sp³-hybridized carbons (Fsp3) is 0.889. The molecule has 1 fully saturated rings. The van der Waals surface area contributed by atoms with E-state index in [2.05, 4.69) is 17.6 Å². The fourth-order valence-electron chi connectivity index (χ4n) is 1.24. The Hall–Kier alpha value is -0.770. The molecule has 1 amide bonds. The Bertz CT molecular complexity index is 156. The summed E-state index contributed by atoms with van der Waals surface area (Å²) in [5, 5.41) is 7.07. The van der Waals surface area contributed by atoms with Crippen molar-refractivity contribution in [2.45, 2.75) is 32.2 Å². The highest BCUT2D eigenvalue weighted by Crippen LogP contribution is 1.99. The monoisotopic (exact) mass is 185 g/mol. The molecular weight excluding hydrogens is 168 g/mol. The van der Waals surface area contributed by atoms with Gasteiger partial charge in [-0.05, 0) is 19.4 Å². The number of nitrogens with one attached hydrogen (secondary N) is 1. The van der Waals surface area contributed by atoms with Crippen molar-refractivity contribution in [3.63, 3.8) is 0 Å². The molecule has 0 bridgehead atoms. The Morgan fingerprint density at radius 2 is 2.54 bits per heavy atom. The lowest BCUT2D eigenvalue weighted by Crippen LogP contribution is -2.30. The number of carbonyl (C=O) groups is 1. The predicted molar refractivity (Wildman–Crippen MR) is 49.7 cm³/mol. The molecule has 1 radical (unpaired) electrons. The zero-order valence-corrected chi connectivity index (χ0v) is 8.08. The number of hydrogen-bond acceptors (Lipinski definition) is 3. The molecule has 0 spiro atoms. The lowest BCUT2D eigenvalue weighted by atomic mass is 10.3. The van der Waals surface area contributed by atoms with Gasteiger partial charge in [0.1, 0.15) is 0 Å². The van der Waals surface area contributed by atoms with Crippen molar-refractivity contribution in [2.75, 3.05) is 19.7 Å². The Morgan fingerprint density at radius 1 is 1.69 bits per heavy atom. The Balaban J connectivity index is 2.02. The first kappa shape index (κ1) is 10.3. The van der Waals surface area contributed by atoms with Crippen molar-refractivity contribution in [2.24, 2.45) is 0 Å². The third kappa shape index (κ3) is 4.12. The number of unbranched alkanes of at least 4 members (excludes halogenated alkanes) is 1. The van der Waals surface area contributed by atoms with Crippen molar-refractivity contribution in [3.05, 3.63) is 0 Å². The Kier molecular flexibility index (Phi) is 4.60. The number of rotatable bonds is 4. The van der Waals surface area contributed by atoms with E-state index in [1.54, 1.807) is 0 Å². The first-order chi connectivity index (χ1) is 6.33. The Morgan fingerprint density at radius 3 is 3.15 bits per heavy atom. The van der Waals surface area contributed by atoms with Crippen LogP contribution in [-0.4, -0.2) is 31.8 Å². The molecular formula is C9H17N2O2. The first-order valence-electron chi connectivity index (χ1n) is 4.91. The smallest absolute Gasteiger partial charge is 0.429 e. The van der Waals surface area contributed by atoms with Crippen LogP contribution in [0, 0.1) is 0 Å². The maximum absolute atomic E-state index is 11.1. The SMILES string of the molecule is CCCCOC(=O)[N]C1CCNC1. The topological polar surface area (TPSA) is 52.4 Å². The number of carbonyl (C=O) groups excluding carboxylic acids is 1. The van der Waals surface area contributed by atoms with E-state index in [0.29, 0.717) is 6.61 Å². The van der Waals surface area contributed by atoms with Crippen molar-refractivity contribution >= 4 is 6.09 Å². The number of amides is 1. The molecule has 75 valence electrons. The maximum atomic E-state index is 11.1. The van der Waals surface area contributed by atoms with Crippen LogP contribution in [-0.2, 0) is 4.74 Å². The molecule has 1 N–H and O–H groups in total. The van der Waals surface area contributed by atoms with Crippen LogP contribution in [0.5, 0.6) is 0 Å². The van der Waals surface area contributed by atoms with Crippen LogP contribution in [0.4, 0.5) is 4.79 Å². The van der Waals surface area contributed by atoms with E-state index in [1.807, 2.05) is 0 Å². The highest BCUT2D eigenvalue weighted by molar-refractivity contribution is 5.67. The van der Waals surface area contributed by atoms with Gasteiger partial charge in [0.15, 0.2) is 0 Å². The summed E-state index contributed by atoms with van der Waals surface area (Å²) in [4.78, 5) is 11.1. The molecule has 1 unspecified atom stereocenters. The molecule has 1 rings (SSSR count). The van der Waals surface area contributed by atoms with Crippen molar-refractivity contribution < 1.29 is 9.53 Å². The summed E-state index contributed by atoms with van der Waals surface area (Å²) in [6, 6.07) is 0.133. The molecule has 0 aromatic carbocycles. The quantitative estimate of drug-likeness (QED) is 0.662. The van der Waals surface area contributed by atoms with Gasteiger partial charge >= 0.3 is 6.09 Å². The molecule has 1 saturated heterocycles. The highest BCUT2D eigenvalue weighted by Gasteiger charge is 2.19. The zero-order valence-electron chi connectivity index (χ0n) is 8.08. The van der Waals surface area contributed by atoms with Crippen LogP contribution in [0.15, 0.2) is 0 Å². The molecule has 0 saturated carbocycles. The van der Waals surface area contributed by atoms with E-state index in [0.717, 1.165) is 32.4 Å². The molecule has 4 heteroatoms. The van der Waals surface area contributed by atoms with E-state index in [-0.39, 0.29) is 6.04 Å². The summed E-state index contributed by atoms with van der Waals surface area (Å²) in [6.45, 7) is 4.32. The summed E-state index contributed by atoms with van der Waals surface area (Å²) in [5.74, 6) is 0. The van der Waals surface area contributed by atoms with Gasteiger partial charge in [-0.15, -0.1) is 0 Å². The van der Waals surface area contributed by atoms with Gasteiger partial charge in [0.25, 0.3) is 0 Å². The minimum absolute atomic E-state index is 0.133. The van der Waals surface area contributed by atoms with E-state index in [1.165, 1.54) is 0 Å². The number of nitrogens with zero attached hydrogens (tertiary/aromatic N) is 1. The van der Waals surface area contributed by atoms with Crippen LogP contribution < -0.4 is 10.6 Å². The molecule has 13 heavy (non-hydrogen) atoms. The molecule has 4 nitrogen and oxygen atoms in total. The van der Waals surface area contributed by atoms with E-state index >= 15 is 0 Å². The van der Waals surface area contributed by atoms with Gasteiger partial charge in [-0.1, -0.05) is 13.3 Å². The normalized spacial score (nSPS) is 21.5. The van der Waals surface area contributed by atoms with Crippen LogP contribution in [0.1, 0.15) is 26.2 Å². The molecule has 0 aromatic rings. The van der Waals surface area contributed by atoms with Gasteiger partial charge in [-0.3, -0.25) is 0 Å². The van der Waals surface area contributed by atoms with Gasteiger partial charge < -0.3 is 10.1 Å². The largest absolute Gasteiger partial charge is 0.448 e. The van der Waals surface area contributed by atoms with Crippen LogP contribution in [0.25, 0.3) is 0 Å². The van der Waals surface area contributed by atoms with E-state index in [4.69, 9.17) is 4.74 Å². The summed E-state index contributed by atoms with van der Waals surface area (Å²) < 4.78 is 4.91. The second-order valence-corrected chi connectivity index (χ2v) is 3.24. The molecule has 1 heterocycles.